The predicted octanol–water partition coefficient (Wildman–Crippen LogP) is 0.896. The normalized spacial score (nSPS) is 20.1. The van der Waals surface area contributed by atoms with Gasteiger partial charge in [0.2, 0.25) is 10.0 Å². The maximum absolute atomic E-state index is 12.2. The molecule has 0 amide bonds. The van der Waals surface area contributed by atoms with Gasteiger partial charge < -0.3 is 5.11 Å². The minimum absolute atomic E-state index is 0.00976. The molecule has 110 valence electrons. The van der Waals surface area contributed by atoms with Gasteiger partial charge in [-0.15, -0.1) is 11.3 Å². The van der Waals surface area contributed by atoms with Crippen LogP contribution in [0.1, 0.15) is 10.6 Å². The van der Waals surface area contributed by atoms with E-state index in [1.54, 1.807) is 17.7 Å². The summed E-state index contributed by atoms with van der Waals surface area (Å²) in [7, 11) is -3.44. The molecule has 0 radical (unpaired) electrons. The lowest BCUT2D eigenvalue weighted by molar-refractivity contribution is -0.140. The highest BCUT2D eigenvalue weighted by atomic mass is 32.2. The number of aliphatic carboxylic acids is 1. The lowest BCUT2D eigenvalue weighted by Crippen LogP contribution is -2.41. The monoisotopic (exact) mass is 316 g/mol. The van der Waals surface area contributed by atoms with Gasteiger partial charge in [0, 0.05) is 18.0 Å². The molecule has 1 unspecified atom stereocenters. The van der Waals surface area contributed by atoms with E-state index in [0.29, 0.717) is 6.42 Å². The summed E-state index contributed by atoms with van der Waals surface area (Å²) >= 11 is 1.44. The highest BCUT2D eigenvalue weighted by molar-refractivity contribution is 7.89. The van der Waals surface area contributed by atoms with Crippen LogP contribution in [0.3, 0.4) is 0 Å². The van der Waals surface area contributed by atoms with Gasteiger partial charge >= 0.3 is 5.97 Å². The topological polar surface area (TPSA) is 87.6 Å². The van der Waals surface area contributed by atoms with Crippen molar-refractivity contribution in [2.45, 2.75) is 13.3 Å². The van der Waals surface area contributed by atoms with Gasteiger partial charge in [-0.3, -0.25) is 4.79 Å². The Bertz CT molecular complexity index is 621. The fourth-order valence-electron chi connectivity index (χ4n) is 2.00. The van der Waals surface area contributed by atoms with Crippen LogP contribution in [0.2, 0.25) is 0 Å². The predicted molar refractivity (Wildman–Crippen MR) is 76.2 cm³/mol. The van der Waals surface area contributed by atoms with Crippen molar-refractivity contribution in [1.82, 2.24) is 9.29 Å². The Morgan fingerprint density at radius 3 is 2.95 bits per heavy atom. The van der Waals surface area contributed by atoms with E-state index in [4.69, 9.17) is 5.11 Å². The van der Waals surface area contributed by atoms with Gasteiger partial charge in [-0.05, 0) is 13.3 Å². The van der Waals surface area contributed by atoms with Crippen LogP contribution in [-0.2, 0) is 21.2 Å². The number of rotatable bonds is 5. The van der Waals surface area contributed by atoms with Crippen molar-refractivity contribution in [3.63, 3.8) is 0 Å². The Labute approximate surface area is 121 Å². The minimum atomic E-state index is -3.44. The van der Waals surface area contributed by atoms with Crippen molar-refractivity contribution in [2.75, 3.05) is 18.8 Å². The number of hydrogen-bond acceptors (Lipinski definition) is 5. The number of aryl methyl sites for hydroxylation is 2. The average molecular weight is 316 g/mol. The molecular weight excluding hydrogens is 300 g/mol. The van der Waals surface area contributed by atoms with E-state index in [1.807, 2.05) is 6.92 Å². The molecule has 0 saturated carbocycles. The second-order valence-electron chi connectivity index (χ2n) is 4.62. The molecule has 0 aromatic carbocycles. The molecule has 0 aliphatic carbocycles. The van der Waals surface area contributed by atoms with E-state index in [-0.39, 0.29) is 18.8 Å². The third-order valence-corrected chi connectivity index (χ3v) is 6.02. The molecule has 0 saturated heterocycles. The maximum atomic E-state index is 12.2. The Hall–Kier alpha value is -1.25. The number of carboxylic acid groups (broad SMARTS) is 1. The summed E-state index contributed by atoms with van der Waals surface area (Å²) in [4.78, 5) is 16.0. The molecule has 1 aliphatic rings. The zero-order valence-electron chi connectivity index (χ0n) is 11.0. The highest BCUT2D eigenvalue weighted by Crippen LogP contribution is 2.17. The van der Waals surface area contributed by atoms with E-state index in [9.17, 15) is 13.2 Å². The van der Waals surface area contributed by atoms with Crippen molar-refractivity contribution < 1.29 is 18.3 Å². The molecule has 1 atom stereocenters. The van der Waals surface area contributed by atoms with Gasteiger partial charge in [0.1, 0.15) is 0 Å². The lowest BCUT2D eigenvalue weighted by Gasteiger charge is -2.26. The van der Waals surface area contributed by atoms with Gasteiger partial charge in [0.15, 0.2) is 0 Å². The Balaban J connectivity index is 2.02. The summed E-state index contributed by atoms with van der Waals surface area (Å²) in [5.41, 5.74) is 2.55. The molecule has 1 aliphatic heterocycles. The summed E-state index contributed by atoms with van der Waals surface area (Å²) < 4.78 is 25.7. The van der Waals surface area contributed by atoms with Gasteiger partial charge in [-0.2, -0.15) is 4.31 Å². The van der Waals surface area contributed by atoms with Gasteiger partial charge in [-0.25, -0.2) is 13.4 Å². The van der Waals surface area contributed by atoms with E-state index in [2.05, 4.69) is 4.98 Å². The highest BCUT2D eigenvalue weighted by Gasteiger charge is 2.29. The fraction of sp³-hybridized carbons (Fsp3) is 0.500. The summed E-state index contributed by atoms with van der Waals surface area (Å²) in [6.45, 7) is 2.10. The fourth-order valence-corrected chi connectivity index (χ4v) is 4.33. The summed E-state index contributed by atoms with van der Waals surface area (Å²) in [6, 6.07) is 0. The number of carboxylic acids is 1. The molecule has 1 aromatic heterocycles. The van der Waals surface area contributed by atoms with Gasteiger partial charge in [0.05, 0.1) is 22.9 Å². The van der Waals surface area contributed by atoms with Crippen LogP contribution >= 0.6 is 11.3 Å². The average Bonchev–Trinajstić information content (AvgIpc) is 2.82. The summed E-state index contributed by atoms with van der Waals surface area (Å²) in [5.74, 6) is -1.78. The molecule has 1 aromatic rings. The smallest absolute Gasteiger partial charge is 0.311 e. The largest absolute Gasteiger partial charge is 0.481 e. The van der Waals surface area contributed by atoms with E-state index in [1.165, 1.54) is 15.6 Å². The number of sulfonamides is 1. The zero-order chi connectivity index (χ0) is 14.8. The zero-order valence-corrected chi connectivity index (χ0v) is 12.7. The number of nitrogens with zero attached hydrogens (tertiary/aromatic N) is 2. The van der Waals surface area contributed by atoms with E-state index < -0.39 is 21.9 Å². The molecule has 8 heteroatoms. The number of aromatic nitrogens is 1. The summed E-state index contributed by atoms with van der Waals surface area (Å²) in [5, 5.41) is 8.96. The quantitative estimate of drug-likeness (QED) is 0.815. The first-order chi connectivity index (χ1) is 9.40. The van der Waals surface area contributed by atoms with Crippen LogP contribution in [-0.4, -0.2) is 47.6 Å². The van der Waals surface area contributed by atoms with Crippen LogP contribution in [0.4, 0.5) is 0 Å². The maximum Gasteiger partial charge on any atom is 0.311 e. The molecule has 2 rings (SSSR count). The molecule has 2 heterocycles. The first-order valence-electron chi connectivity index (χ1n) is 6.16. The molecular formula is C12H16N2O4S2. The number of thiazole rings is 1. The SMILES string of the molecule is Cc1ncsc1CCS(=O)(=O)N1CC=CC(C(=O)O)C1. The minimum Gasteiger partial charge on any atom is -0.481 e. The molecule has 20 heavy (non-hydrogen) atoms. The van der Waals surface area contributed by atoms with Crippen LogP contribution in [0.15, 0.2) is 17.7 Å². The Morgan fingerprint density at radius 1 is 1.60 bits per heavy atom. The van der Waals surface area contributed by atoms with Crippen molar-refractivity contribution in [3.8, 4) is 0 Å². The van der Waals surface area contributed by atoms with Crippen molar-refractivity contribution in [3.05, 3.63) is 28.2 Å². The molecule has 0 spiro atoms. The Morgan fingerprint density at radius 2 is 2.35 bits per heavy atom. The standard InChI is InChI=1S/C12H16N2O4S2/c1-9-11(19-8-13-9)4-6-20(17,18)14-5-2-3-10(7-14)12(15)16/h2-3,8,10H,4-7H2,1H3,(H,15,16). The number of carbonyl (C=O) groups is 1. The molecule has 1 N–H and O–H groups in total. The van der Waals surface area contributed by atoms with Crippen LogP contribution < -0.4 is 0 Å². The lowest BCUT2D eigenvalue weighted by atomic mass is 10.1. The van der Waals surface area contributed by atoms with E-state index >= 15 is 0 Å². The first-order valence-corrected chi connectivity index (χ1v) is 8.65. The van der Waals surface area contributed by atoms with Crippen LogP contribution in [0, 0.1) is 12.8 Å². The van der Waals surface area contributed by atoms with Gasteiger partial charge in [0.25, 0.3) is 0 Å². The van der Waals surface area contributed by atoms with Gasteiger partial charge in [-0.1, -0.05) is 12.2 Å². The second-order valence-corrected chi connectivity index (χ2v) is 7.64. The van der Waals surface area contributed by atoms with Crippen LogP contribution in [0.25, 0.3) is 0 Å². The third-order valence-electron chi connectivity index (χ3n) is 3.22. The third kappa shape index (κ3) is 3.44. The van der Waals surface area contributed by atoms with E-state index in [0.717, 1.165) is 10.6 Å². The molecule has 0 bridgehead atoms. The number of hydrogen-bond donors (Lipinski definition) is 1. The molecule has 0 fully saturated rings. The molecule has 6 nitrogen and oxygen atoms in total. The Kier molecular flexibility index (Phi) is 4.56. The van der Waals surface area contributed by atoms with Crippen LogP contribution in [0.5, 0.6) is 0 Å². The van der Waals surface area contributed by atoms with Crippen molar-refractivity contribution in [2.24, 2.45) is 5.92 Å². The second kappa shape index (κ2) is 6.02. The van der Waals surface area contributed by atoms with Crippen molar-refractivity contribution >= 4 is 27.3 Å². The first kappa shape index (κ1) is 15.1. The summed E-state index contributed by atoms with van der Waals surface area (Å²) in [6.07, 6.45) is 3.55. The van der Waals surface area contributed by atoms with Crippen molar-refractivity contribution in [1.29, 1.82) is 0 Å².